The van der Waals surface area contributed by atoms with E-state index in [1.165, 1.54) is 16.9 Å². The second kappa shape index (κ2) is 7.40. The predicted octanol–water partition coefficient (Wildman–Crippen LogP) is 4.16. The summed E-state index contributed by atoms with van der Waals surface area (Å²) >= 11 is 1.47. The zero-order chi connectivity index (χ0) is 18.0. The number of nitrogens with one attached hydrogen (secondary N) is 1. The molecule has 25 heavy (non-hydrogen) atoms. The second-order valence-corrected chi connectivity index (χ2v) is 7.75. The Hall–Kier alpha value is -2.14. The molecule has 0 aliphatic carbocycles. The normalized spacial score (nSPS) is 15.2. The first kappa shape index (κ1) is 17.7. The highest BCUT2D eigenvalue weighted by Crippen LogP contribution is 2.25. The van der Waals surface area contributed by atoms with Crippen LogP contribution >= 0.6 is 11.3 Å². The summed E-state index contributed by atoms with van der Waals surface area (Å²) in [6.07, 6.45) is 1.43. The number of benzene rings is 1. The van der Waals surface area contributed by atoms with Crippen LogP contribution in [-0.4, -0.2) is 29.8 Å². The van der Waals surface area contributed by atoms with Crippen LogP contribution in [0.3, 0.4) is 0 Å². The maximum Gasteiger partial charge on any atom is 0.263 e. The molecular formula is C20H24N2O2S. The van der Waals surface area contributed by atoms with Gasteiger partial charge in [0, 0.05) is 24.7 Å². The molecule has 0 bridgehead atoms. The van der Waals surface area contributed by atoms with E-state index in [0.717, 1.165) is 21.7 Å². The lowest BCUT2D eigenvalue weighted by atomic mass is 9.95. The number of anilines is 1. The molecule has 1 fully saturated rings. The van der Waals surface area contributed by atoms with Gasteiger partial charge < -0.3 is 10.2 Å². The van der Waals surface area contributed by atoms with Gasteiger partial charge in [-0.2, -0.15) is 0 Å². The van der Waals surface area contributed by atoms with E-state index in [-0.39, 0.29) is 17.7 Å². The number of thiophene rings is 1. The first-order valence-corrected chi connectivity index (χ1v) is 9.55. The third-order valence-electron chi connectivity index (χ3n) is 4.81. The molecule has 1 aliphatic rings. The standard InChI is InChI=1S/C20H24N2O2S/c1-13-11-14(2)18(15(3)12-13)21-19(23)16-6-8-22(9-7-16)20(24)17-5-4-10-25-17/h4-5,10-12,16H,6-9H2,1-3H3,(H,21,23). The van der Waals surface area contributed by atoms with Crippen molar-refractivity contribution in [3.8, 4) is 0 Å². The van der Waals surface area contributed by atoms with Gasteiger partial charge in [0.1, 0.15) is 0 Å². The Morgan fingerprint density at radius 2 is 1.76 bits per heavy atom. The smallest absolute Gasteiger partial charge is 0.263 e. The van der Waals surface area contributed by atoms with Gasteiger partial charge in [-0.25, -0.2) is 0 Å². The molecule has 0 atom stereocenters. The van der Waals surface area contributed by atoms with Gasteiger partial charge in [-0.15, -0.1) is 11.3 Å². The first-order valence-electron chi connectivity index (χ1n) is 8.67. The lowest BCUT2D eigenvalue weighted by molar-refractivity contribution is -0.121. The first-order chi connectivity index (χ1) is 12.0. The summed E-state index contributed by atoms with van der Waals surface area (Å²) < 4.78 is 0. The summed E-state index contributed by atoms with van der Waals surface area (Å²) in [6, 6.07) is 7.93. The Labute approximate surface area is 152 Å². The highest BCUT2D eigenvalue weighted by Gasteiger charge is 2.28. The van der Waals surface area contributed by atoms with E-state index in [0.29, 0.717) is 25.9 Å². The monoisotopic (exact) mass is 356 g/mol. The van der Waals surface area contributed by atoms with Gasteiger partial charge in [0.2, 0.25) is 5.91 Å². The Bertz CT molecular complexity index is 752. The summed E-state index contributed by atoms with van der Waals surface area (Å²) in [4.78, 5) is 27.7. The van der Waals surface area contributed by atoms with Crippen molar-refractivity contribution in [1.29, 1.82) is 0 Å². The molecule has 2 aromatic rings. The molecule has 0 unspecified atom stereocenters. The SMILES string of the molecule is Cc1cc(C)c(NC(=O)C2CCN(C(=O)c3cccs3)CC2)c(C)c1. The third-order valence-corrected chi connectivity index (χ3v) is 5.67. The average molecular weight is 356 g/mol. The molecule has 2 heterocycles. The Morgan fingerprint density at radius 3 is 2.32 bits per heavy atom. The van der Waals surface area contributed by atoms with Gasteiger partial charge >= 0.3 is 0 Å². The largest absolute Gasteiger partial charge is 0.338 e. The van der Waals surface area contributed by atoms with Crippen LogP contribution in [-0.2, 0) is 4.79 Å². The van der Waals surface area contributed by atoms with Crippen molar-refractivity contribution < 1.29 is 9.59 Å². The average Bonchev–Trinajstić information content (AvgIpc) is 3.12. The van der Waals surface area contributed by atoms with Crippen molar-refractivity contribution >= 4 is 28.8 Å². The van der Waals surface area contributed by atoms with Gasteiger partial charge in [-0.05, 0) is 56.2 Å². The molecular weight excluding hydrogens is 332 g/mol. The number of hydrogen-bond donors (Lipinski definition) is 1. The number of carbonyl (C=O) groups excluding carboxylic acids is 2. The Kier molecular flexibility index (Phi) is 5.23. The van der Waals surface area contributed by atoms with Crippen LogP contribution in [0.4, 0.5) is 5.69 Å². The van der Waals surface area contributed by atoms with Crippen LogP contribution in [0.15, 0.2) is 29.6 Å². The number of amides is 2. The molecule has 4 nitrogen and oxygen atoms in total. The van der Waals surface area contributed by atoms with E-state index in [4.69, 9.17) is 0 Å². The van der Waals surface area contributed by atoms with Gasteiger partial charge in [-0.1, -0.05) is 23.8 Å². The lowest BCUT2D eigenvalue weighted by Gasteiger charge is -2.31. The van der Waals surface area contributed by atoms with E-state index >= 15 is 0 Å². The quantitative estimate of drug-likeness (QED) is 0.897. The zero-order valence-corrected chi connectivity index (χ0v) is 15.8. The van der Waals surface area contributed by atoms with E-state index in [9.17, 15) is 9.59 Å². The maximum atomic E-state index is 12.6. The molecule has 0 radical (unpaired) electrons. The summed E-state index contributed by atoms with van der Waals surface area (Å²) in [6.45, 7) is 7.39. The van der Waals surface area contributed by atoms with Crippen LogP contribution < -0.4 is 5.32 Å². The van der Waals surface area contributed by atoms with Crippen LogP contribution in [0.25, 0.3) is 0 Å². The summed E-state index contributed by atoms with van der Waals surface area (Å²) in [5.41, 5.74) is 4.31. The minimum absolute atomic E-state index is 0.0347. The molecule has 3 rings (SSSR count). The summed E-state index contributed by atoms with van der Waals surface area (Å²) in [7, 11) is 0. The molecule has 1 aromatic carbocycles. The second-order valence-electron chi connectivity index (χ2n) is 6.81. The third kappa shape index (κ3) is 3.93. The molecule has 1 aliphatic heterocycles. The fraction of sp³-hybridized carbons (Fsp3) is 0.400. The van der Waals surface area contributed by atoms with Crippen molar-refractivity contribution in [2.45, 2.75) is 33.6 Å². The molecule has 0 saturated carbocycles. The predicted molar refractivity (Wildman–Crippen MR) is 102 cm³/mol. The van der Waals surface area contributed by atoms with Crippen molar-refractivity contribution in [3.63, 3.8) is 0 Å². The molecule has 0 spiro atoms. The van der Waals surface area contributed by atoms with Gasteiger partial charge in [-0.3, -0.25) is 9.59 Å². The van der Waals surface area contributed by atoms with E-state index in [1.807, 2.05) is 36.3 Å². The van der Waals surface area contributed by atoms with Gasteiger partial charge in [0.15, 0.2) is 0 Å². The molecule has 5 heteroatoms. The molecule has 132 valence electrons. The number of rotatable bonds is 3. The van der Waals surface area contributed by atoms with Crippen LogP contribution in [0, 0.1) is 26.7 Å². The highest BCUT2D eigenvalue weighted by atomic mass is 32.1. The van der Waals surface area contributed by atoms with Gasteiger partial charge in [0.25, 0.3) is 5.91 Å². The molecule has 2 amide bonds. The van der Waals surface area contributed by atoms with E-state index in [1.54, 1.807) is 0 Å². The van der Waals surface area contributed by atoms with E-state index in [2.05, 4.69) is 24.4 Å². The lowest BCUT2D eigenvalue weighted by Crippen LogP contribution is -2.41. The zero-order valence-electron chi connectivity index (χ0n) is 15.0. The fourth-order valence-corrected chi connectivity index (χ4v) is 4.19. The van der Waals surface area contributed by atoms with Crippen LogP contribution in [0.1, 0.15) is 39.2 Å². The van der Waals surface area contributed by atoms with Crippen LogP contribution in [0.2, 0.25) is 0 Å². The minimum atomic E-state index is -0.0347. The highest BCUT2D eigenvalue weighted by molar-refractivity contribution is 7.12. The van der Waals surface area contributed by atoms with Crippen molar-refractivity contribution in [3.05, 3.63) is 51.2 Å². The number of likely N-dealkylation sites (tertiary alicyclic amines) is 1. The van der Waals surface area contributed by atoms with Gasteiger partial charge in [0.05, 0.1) is 4.88 Å². The van der Waals surface area contributed by atoms with Crippen LogP contribution in [0.5, 0.6) is 0 Å². The minimum Gasteiger partial charge on any atom is -0.338 e. The fourth-order valence-electron chi connectivity index (χ4n) is 3.50. The number of hydrogen-bond acceptors (Lipinski definition) is 3. The summed E-state index contributed by atoms with van der Waals surface area (Å²) in [5, 5.41) is 5.02. The topological polar surface area (TPSA) is 49.4 Å². The summed E-state index contributed by atoms with van der Waals surface area (Å²) in [5.74, 6) is 0.116. The van der Waals surface area contributed by atoms with Crippen molar-refractivity contribution in [1.82, 2.24) is 4.90 Å². The molecule has 1 aromatic heterocycles. The van der Waals surface area contributed by atoms with E-state index < -0.39 is 0 Å². The molecule has 1 saturated heterocycles. The Morgan fingerprint density at radius 1 is 1.12 bits per heavy atom. The number of piperidine rings is 1. The number of carbonyl (C=O) groups is 2. The van der Waals surface area contributed by atoms with Crippen molar-refractivity contribution in [2.75, 3.05) is 18.4 Å². The number of nitrogens with zero attached hydrogens (tertiary/aromatic N) is 1. The molecule has 1 N–H and O–H groups in total. The Balaban J connectivity index is 1.60. The maximum absolute atomic E-state index is 12.6. The van der Waals surface area contributed by atoms with Crippen molar-refractivity contribution in [2.24, 2.45) is 5.92 Å². The number of aryl methyl sites for hydroxylation is 3.